The highest BCUT2D eigenvalue weighted by Gasteiger charge is 2.33. The average molecular weight is 665 g/mol. The molecule has 4 aromatic carbocycles. The standard InChI is InChI=1S/C41H48N2O6/c1-43(27-30-11-5-4-6-12-30)28-36-25-38(33-19-17-31(29-44)18-20-33)49-41(48-36)34-23-21-32(22-24-34)37-14-10-9-13-35(37)26-42-39(45)15-7-2-3-8-16-40(46)47/h4-6,9-14,17-24,36,38,41,44H,2-3,7-8,15-16,25-29H2,1H3,(H,42,45)(H,46,47)/t36-,38+,41+/m1/s1. The Morgan fingerprint density at radius 1 is 0.776 bits per heavy atom. The van der Waals surface area contributed by atoms with Crippen molar-refractivity contribution in [2.24, 2.45) is 0 Å². The molecular weight excluding hydrogens is 616 g/mol. The smallest absolute Gasteiger partial charge is 0.303 e. The Labute approximate surface area is 289 Å². The lowest BCUT2D eigenvalue weighted by molar-refractivity contribution is -0.252. The van der Waals surface area contributed by atoms with Gasteiger partial charge in [-0.25, -0.2) is 0 Å². The van der Waals surface area contributed by atoms with Gasteiger partial charge >= 0.3 is 5.97 Å². The third-order valence-corrected chi connectivity index (χ3v) is 8.96. The van der Waals surface area contributed by atoms with E-state index in [1.807, 2.05) is 48.5 Å². The van der Waals surface area contributed by atoms with Crippen LogP contribution in [0.15, 0.2) is 103 Å². The number of carbonyl (C=O) groups is 2. The molecule has 0 aliphatic carbocycles. The number of hydrogen-bond acceptors (Lipinski definition) is 6. The number of aliphatic carboxylic acids is 1. The van der Waals surface area contributed by atoms with Gasteiger partial charge in [0.2, 0.25) is 5.91 Å². The van der Waals surface area contributed by atoms with Gasteiger partial charge in [0.25, 0.3) is 0 Å². The van der Waals surface area contributed by atoms with Crippen LogP contribution in [0, 0.1) is 0 Å². The number of aliphatic hydroxyl groups is 1. The Balaban J connectivity index is 1.23. The lowest BCUT2D eigenvalue weighted by atomic mass is 9.97. The molecule has 8 nitrogen and oxygen atoms in total. The number of aliphatic hydroxyl groups excluding tert-OH is 1. The first-order valence-electron chi connectivity index (χ1n) is 17.3. The second kappa shape index (κ2) is 18.4. The molecule has 1 saturated heterocycles. The van der Waals surface area contributed by atoms with Gasteiger partial charge in [-0.2, -0.15) is 0 Å². The van der Waals surface area contributed by atoms with Crippen LogP contribution in [0.5, 0.6) is 0 Å². The summed E-state index contributed by atoms with van der Waals surface area (Å²) in [5.74, 6) is -0.775. The molecule has 4 aromatic rings. The topological polar surface area (TPSA) is 108 Å². The van der Waals surface area contributed by atoms with E-state index in [1.54, 1.807) is 0 Å². The highest BCUT2D eigenvalue weighted by Crippen LogP contribution is 2.39. The van der Waals surface area contributed by atoms with Crippen LogP contribution >= 0.6 is 0 Å². The molecule has 3 atom stereocenters. The number of unbranched alkanes of at least 4 members (excludes halogenated alkanes) is 3. The summed E-state index contributed by atoms with van der Waals surface area (Å²) >= 11 is 0. The van der Waals surface area contributed by atoms with Crippen LogP contribution in [0.1, 0.15) is 85.2 Å². The first kappa shape index (κ1) is 36.0. The summed E-state index contributed by atoms with van der Waals surface area (Å²) in [7, 11) is 2.12. The van der Waals surface area contributed by atoms with Gasteiger partial charge < -0.3 is 25.0 Å². The van der Waals surface area contributed by atoms with E-state index in [0.717, 1.165) is 72.2 Å². The number of carboxylic acids is 1. The van der Waals surface area contributed by atoms with Gasteiger partial charge in [0.15, 0.2) is 6.29 Å². The van der Waals surface area contributed by atoms with E-state index in [9.17, 15) is 14.7 Å². The van der Waals surface area contributed by atoms with Gasteiger partial charge in [0.05, 0.1) is 18.8 Å². The molecule has 49 heavy (non-hydrogen) atoms. The van der Waals surface area contributed by atoms with E-state index in [-0.39, 0.29) is 31.1 Å². The number of rotatable bonds is 17. The summed E-state index contributed by atoms with van der Waals surface area (Å²) in [4.78, 5) is 25.5. The highest BCUT2D eigenvalue weighted by molar-refractivity contribution is 5.76. The zero-order valence-electron chi connectivity index (χ0n) is 28.3. The third kappa shape index (κ3) is 11.1. The minimum atomic E-state index is -0.774. The fourth-order valence-electron chi connectivity index (χ4n) is 6.31. The Morgan fingerprint density at radius 3 is 2.16 bits per heavy atom. The van der Waals surface area contributed by atoms with E-state index in [0.29, 0.717) is 19.4 Å². The first-order chi connectivity index (χ1) is 23.9. The summed E-state index contributed by atoms with van der Waals surface area (Å²) < 4.78 is 13.2. The zero-order chi connectivity index (χ0) is 34.4. The molecule has 1 amide bonds. The van der Waals surface area contributed by atoms with Crippen LogP contribution in [0.3, 0.4) is 0 Å². The minimum absolute atomic E-state index is 0.000459. The van der Waals surface area contributed by atoms with Crippen molar-refractivity contribution in [2.45, 2.75) is 83.1 Å². The summed E-state index contributed by atoms with van der Waals surface area (Å²) in [5, 5.41) is 21.4. The van der Waals surface area contributed by atoms with Gasteiger partial charge in [-0.3, -0.25) is 14.5 Å². The van der Waals surface area contributed by atoms with Crippen LogP contribution in [0.25, 0.3) is 11.1 Å². The van der Waals surface area contributed by atoms with Crippen LogP contribution < -0.4 is 5.32 Å². The molecule has 1 heterocycles. The number of amides is 1. The summed E-state index contributed by atoms with van der Waals surface area (Å²) in [5.41, 5.74) is 7.24. The fraction of sp³-hybridized carbons (Fsp3) is 0.366. The van der Waals surface area contributed by atoms with Crippen molar-refractivity contribution in [1.82, 2.24) is 10.2 Å². The Morgan fingerprint density at radius 2 is 1.45 bits per heavy atom. The Hall–Kier alpha value is -4.34. The molecule has 0 unspecified atom stereocenters. The van der Waals surface area contributed by atoms with E-state index < -0.39 is 12.3 Å². The third-order valence-electron chi connectivity index (χ3n) is 8.96. The number of benzene rings is 4. The van der Waals surface area contributed by atoms with Gasteiger partial charge in [0.1, 0.15) is 0 Å². The van der Waals surface area contributed by atoms with Crippen molar-refractivity contribution in [3.8, 4) is 11.1 Å². The molecule has 0 bridgehead atoms. The lowest BCUT2D eigenvalue weighted by Gasteiger charge is -2.38. The summed E-state index contributed by atoms with van der Waals surface area (Å²) in [6.45, 7) is 2.01. The molecule has 258 valence electrons. The van der Waals surface area contributed by atoms with Gasteiger partial charge in [0, 0.05) is 44.5 Å². The largest absolute Gasteiger partial charge is 0.481 e. The predicted octanol–water partition coefficient (Wildman–Crippen LogP) is 7.56. The molecule has 1 aliphatic heterocycles. The Kier molecular flexibility index (Phi) is 13.5. The van der Waals surface area contributed by atoms with Crippen LogP contribution in [0.2, 0.25) is 0 Å². The van der Waals surface area contributed by atoms with E-state index in [4.69, 9.17) is 14.6 Å². The number of carboxylic acid groups (broad SMARTS) is 1. The van der Waals surface area contributed by atoms with Crippen molar-refractivity contribution < 1.29 is 29.3 Å². The second-order valence-electron chi connectivity index (χ2n) is 12.9. The molecule has 3 N–H and O–H groups in total. The SMILES string of the molecule is CN(Cc1ccccc1)C[C@H]1C[C@@H](c2ccc(CO)cc2)O[C@@H](c2ccc(-c3ccccc3CNC(=O)CCCCCCC(=O)O)cc2)O1. The summed E-state index contributed by atoms with van der Waals surface area (Å²) in [6.07, 6.45) is 3.64. The Bertz CT molecular complexity index is 1610. The maximum absolute atomic E-state index is 12.5. The molecule has 1 fully saturated rings. The monoisotopic (exact) mass is 664 g/mol. The molecule has 0 radical (unpaired) electrons. The molecular formula is C41H48N2O6. The van der Waals surface area contributed by atoms with E-state index in [2.05, 4.69) is 71.9 Å². The zero-order valence-corrected chi connectivity index (χ0v) is 28.3. The van der Waals surface area contributed by atoms with Crippen LogP contribution in [-0.2, 0) is 38.8 Å². The molecule has 0 aromatic heterocycles. The van der Waals surface area contributed by atoms with Gasteiger partial charge in [-0.1, -0.05) is 116 Å². The van der Waals surface area contributed by atoms with Crippen LogP contribution in [-0.4, -0.2) is 46.7 Å². The number of likely N-dealkylation sites (N-methyl/N-ethyl adjacent to an activating group) is 1. The maximum atomic E-state index is 12.5. The van der Waals surface area contributed by atoms with Crippen molar-refractivity contribution in [2.75, 3.05) is 13.6 Å². The number of nitrogens with one attached hydrogen (secondary N) is 1. The highest BCUT2D eigenvalue weighted by atomic mass is 16.7. The van der Waals surface area contributed by atoms with Gasteiger partial charge in [-0.15, -0.1) is 0 Å². The minimum Gasteiger partial charge on any atom is -0.481 e. The normalized spacial score (nSPS) is 17.6. The number of carbonyl (C=O) groups excluding carboxylic acids is 1. The molecule has 0 spiro atoms. The number of hydrogen-bond donors (Lipinski definition) is 3. The molecule has 8 heteroatoms. The molecule has 5 rings (SSSR count). The summed E-state index contributed by atoms with van der Waals surface area (Å²) in [6, 6.07) is 34.7. The average Bonchev–Trinajstić information content (AvgIpc) is 3.12. The van der Waals surface area contributed by atoms with Crippen molar-refractivity contribution in [3.05, 3.63) is 131 Å². The van der Waals surface area contributed by atoms with E-state index in [1.165, 1.54) is 5.56 Å². The maximum Gasteiger partial charge on any atom is 0.303 e. The van der Waals surface area contributed by atoms with E-state index >= 15 is 0 Å². The van der Waals surface area contributed by atoms with Crippen molar-refractivity contribution in [1.29, 1.82) is 0 Å². The first-order valence-corrected chi connectivity index (χ1v) is 17.3. The second-order valence-corrected chi connectivity index (χ2v) is 12.9. The van der Waals surface area contributed by atoms with Crippen LogP contribution in [0.4, 0.5) is 0 Å². The lowest BCUT2D eigenvalue weighted by Crippen LogP contribution is -2.37. The molecule has 0 saturated carbocycles. The molecule has 1 aliphatic rings. The predicted molar refractivity (Wildman–Crippen MR) is 190 cm³/mol. The number of nitrogens with zero attached hydrogens (tertiary/aromatic N) is 1. The van der Waals surface area contributed by atoms with Crippen molar-refractivity contribution >= 4 is 11.9 Å². The van der Waals surface area contributed by atoms with Gasteiger partial charge in [-0.05, 0) is 53.3 Å². The fourth-order valence-corrected chi connectivity index (χ4v) is 6.31. The van der Waals surface area contributed by atoms with Crippen molar-refractivity contribution in [3.63, 3.8) is 0 Å². The quantitative estimate of drug-likeness (QED) is 0.100. The number of ether oxygens (including phenoxy) is 2.